The van der Waals surface area contributed by atoms with Crippen LogP contribution in [0, 0.1) is 20.1 Å². The molecule has 0 amide bonds. The predicted octanol–water partition coefficient (Wildman–Crippen LogP) is 5.03. The zero-order valence-corrected chi connectivity index (χ0v) is 19.9. The molecular weight excluding hydrogens is 826 g/mol. The number of halogens is 10. The van der Waals surface area contributed by atoms with Gasteiger partial charge in [0.15, 0.2) is 5.82 Å². The minimum atomic E-state index is -6.42. The van der Waals surface area contributed by atoms with Crippen molar-refractivity contribution in [2.75, 3.05) is 0 Å². The molecule has 138 valence electrons. The Morgan fingerprint density at radius 2 is 1.29 bits per heavy atom. The van der Waals surface area contributed by atoms with Crippen molar-refractivity contribution in [1.29, 1.82) is 0 Å². The summed E-state index contributed by atoms with van der Waals surface area (Å²) in [4.78, 5) is 0. The summed E-state index contributed by atoms with van der Waals surface area (Å²) in [6.45, 7) is 0. The molecule has 1 atom stereocenters. The van der Waals surface area contributed by atoms with E-state index in [4.69, 9.17) is 4.55 Å². The molecule has 0 bridgehead atoms. The Hall–Kier alpha value is 1.43. The van der Waals surface area contributed by atoms with E-state index in [-0.39, 0.29) is 14.3 Å². The highest BCUT2D eigenvalue weighted by molar-refractivity contribution is 14.1. The van der Waals surface area contributed by atoms with Gasteiger partial charge in [0, 0.05) is 0 Å². The van der Waals surface area contributed by atoms with Crippen LogP contribution in [-0.2, 0) is 10.1 Å². The largest absolute Gasteiger partial charge is 0.471 e. The topological polar surface area (TPSA) is 63.6 Å². The lowest BCUT2D eigenvalue weighted by molar-refractivity contribution is -0.239. The number of ether oxygens (including phenoxy) is 1. The van der Waals surface area contributed by atoms with Gasteiger partial charge < -0.3 is 4.74 Å². The van der Waals surface area contributed by atoms with E-state index < -0.39 is 39.2 Å². The lowest BCUT2D eigenvalue weighted by Crippen LogP contribution is -2.53. The van der Waals surface area contributed by atoms with E-state index in [0.29, 0.717) is 0 Å². The molecule has 0 aliphatic heterocycles. The van der Waals surface area contributed by atoms with E-state index in [0.717, 1.165) is 0 Å². The van der Waals surface area contributed by atoms with Crippen LogP contribution in [-0.4, -0.2) is 30.5 Å². The molecule has 0 aliphatic carbocycles. The van der Waals surface area contributed by atoms with Crippen LogP contribution in [0.4, 0.5) is 26.3 Å². The molecule has 0 aromatic heterocycles. The van der Waals surface area contributed by atoms with Crippen LogP contribution in [0.1, 0.15) is 0 Å². The van der Waals surface area contributed by atoms with Gasteiger partial charge in [-0.1, -0.05) is 0 Å². The molecule has 0 fully saturated rings. The lowest BCUT2D eigenvalue weighted by Gasteiger charge is -2.28. The Balaban J connectivity index is 3.60. The van der Waals surface area contributed by atoms with Gasteiger partial charge in [-0.3, -0.25) is 4.55 Å². The Morgan fingerprint density at radius 1 is 0.917 bits per heavy atom. The summed E-state index contributed by atoms with van der Waals surface area (Å²) in [6, 6.07) is 0. The van der Waals surface area contributed by atoms with E-state index in [1.165, 1.54) is 90.4 Å². The van der Waals surface area contributed by atoms with Gasteiger partial charge in [0.05, 0.1) is 14.3 Å². The van der Waals surface area contributed by atoms with E-state index in [1.54, 1.807) is 0 Å². The minimum absolute atomic E-state index is 0.191. The van der Waals surface area contributed by atoms with Crippen LogP contribution in [0.5, 0.6) is 5.75 Å². The zero-order valence-electron chi connectivity index (χ0n) is 10.4. The molecule has 4 nitrogen and oxygen atoms in total. The molecule has 1 unspecified atom stereocenters. The van der Waals surface area contributed by atoms with Crippen LogP contribution in [0.15, 0.2) is 0 Å². The Kier molecular flexibility index (Phi) is 7.64. The second kappa shape index (κ2) is 7.81. The molecule has 0 spiro atoms. The maximum atomic E-state index is 13.8. The van der Waals surface area contributed by atoms with Crippen molar-refractivity contribution in [3.05, 3.63) is 20.1 Å². The fraction of sp³-hybridized carbons (Fsp3) is 0.333. The van der Waals surface area contributed by atoms with Crippen LogP contribution in [0.2, 0.25) is 0 Å². The quantitative estimate of drug-likeness (QED) is 0.152. The molecule has 1 aromatic carbocycles. The van der Waals surface area contributed by atoms with Gasteiger partial charge >= 0.3 is 21.5 Å². The first-order valence-electron chi connectivity index (χ1n) is 5.13. The van der Waals surface area contributed by atoms with E-state index >= 15 is 0 Å². The molecule has 1 aromatic rings. The second-order valence-corrected chi connectivity index (χ2v) is 9.78. The van der Waals surface area contributed by atoms with Crippen molar-refractivity contribution in [2.24, 2.45) is 0 Å². The molecule has 0 aliphatic rings. The molecule has 1 N–H and O–H groups in total. The molecule has 15 heteroatoms. The normalized spacial score (nSPS) is 14.6. The van der Waals surface area contributed by atoms with Crippen molar-refractivity contribution in [3.63, 3.8) is 0 Å². The van der Waals surface area contributed by atoms with E-state index in [9.17, 15) is 34.8 Å². The van der Waals surface area contributed by atoms with E-state index in [1.807, 2.05) is 0 Å². The third-order valence-corrected chi connectivity index (χ3v) is 9.40. The van der Waals surface area contributed by atoms with Crippen molar-refractivity contribution >= 4 is 100 Å². The summed E-state index contributed by atoms with van der Waals surface area (Å²) in [6.07, 6.45) is -10.0. The number of hydrogen-bond donors (Lipinski definition) is 1. The molecule has 0 heterocycles. The average molecular weight is 828 g/mol. The predicted molar refractivity (Wildman–Crippen MR) is 104 cm³/mol. The van der Waals surface area contributed by atoms with Gasteiger partial charge in [-0.05, 0) is 90.4 Å². The summed E-state index contributed by atoms with van der Waals surface area (Å²) in [7, 11) is -6.42. The first kappa shape index (κ1) is 23.5. The highest BCUT2D eigenvalue weighted by atomic mass is 127. The van der Waals surface area contributed by atoms with Crippen LogP contribution in [0.3, 0.4) is 0 Å². The average Bonchev–Trinajstić information content (AvgIpc) is 2.40. The Labute approximate surface area is 185 Å². The monoisotopic (exact) mass is 828 g/mol. The third-order valence-electron chi connectivity index (χ3n) is 2.35. The molecule has 0 radical (unpaired) electrons. The van der Waals surface area contributed by atoms with Gasteiger partial charge in [-0.2, -0.15) is 30.4 Å². The molecule has 0 saturated heterocycles. The lowest BCUT2D eigenvalue weighted by atomic mass is 10.3. The summed E-state index contributed by atoms with van der Waals surface area (Å²) < 4.78 is 113. The second-order valence-electron chi connectivity index (χ2n) is 3.98. The van der Waals surface area contributed by atoms with Crippen LogP contribution in [0.25, 0.3) is 0 Å². The van der Waals surface area contributed by atoms with Crippen molar-refractivity contribution in [2.45, 2.75) is 17.5 Å². The number of rotatable bonds is 4. The molecular formula is C9H2F6I4O4S. The smallest absolute Gasteiger partial charge is 0.432 e. The number of benzene rings is 1. The summed E-state index contributed by atoms with van der Waals surface area (Å²) in [5.74, 6) is -1.56. The molecule has 0 saturated carbocycles. The minimum Gasteiger partial charge on any atom is -0.471 e. The van der Waals surface area contributed by atoms with E-state index in [2.05, 4.69) is 4.74 Å². The third kappa shape index (κ3) is 4.64. The number of hydrogen-bond acceptors (Lipinski definition) is 3. The molecule has 1 rings (SSSR count). The fourth-order valence-corrected chi connectivity index (χ4v) is 5.05. The summed E-state index contributed by atoms with van der Waals surface area (Å²) in [5.41, 5.74) is 0. The van der Waals surface area contributed by atoms with Gasteiger partial charge in [0.2, 0.25) is 0 Å². The fourth-order valence-electron chi connectivity index (χ4n) is 1.27. The highest BCUT2D eigenvalue weighted by Crippen LogP contribution is 2.43. The van der Waals surface area contributed by atoms with Crippen LogP contribution >= 0.6 is 90.4 Å². The Morgan fingerprint density at radius 3 is 1.58 bits per heavy atom. The van der Waals surface area contributed by atoms with Crippen LogP contribution < -0.4 is 4.74 Å². The van der Waals surface area contributed by atoms with Crippen molar-refractivity contribution in [3.8, 4) is 5.75 Å². The van der Waals surface area contributed by atoms with Gasteiger partial charge in [-0.15, -0.1) is 0 Å². The Bertz CT molecular complexity index is 737. The van der Waals surface area contributed by atoms with Gasteiger partial charge in [0.25, 0.3) is 6.10 Å². The number of alkyl halides is 5. The first-order valence-corrected chi connectivity index (χ1v) is 10.9. The van der Waals surface area contributed by atoms with Gasteiger partial charge in [0.1, 0.15) is 5.75 Å². The summed E-state index contributed by atoms with van der Waals surface area (Å²) in [5, 5.41) is -5.66. The maximum Gasteiger partial charge on any atom is 0.432 e. The maximum absolute atomic E-state index is 13.8. The van der Waals surface area contributed by atoms with Crippen molar-refractivity contribution in [1.82, 2.24) is 0 Å². The standard InChI is InChI=1S/C9H2F6I4O4S/c10-1-2(16)4(18)6(5(19)3(1)17)23-7(8(11,12)13)9(14,15)24(20,21)22/h7H,(H,20,21,22). The van der Waals surface area contributed by atoms with Crippen molar-refractivity contribution < 1.29 is 44.0 Å². The SMILES string of the molecule is O=S(=O)(O)C(F)(F)C(Oc1c(I)c(I)c(F)c(I)c1I)C(F)(F)F. The summed E-state index contributed by atoms with van der Waals surface area (Å²) >= 11 is 5.63. The molecule has 24 heavy (non-hydrogen) atoms. The van der Waals surface area contributed by atoms with Gasteiger partial charge in [-0.25, -0.2) is 4.39 Å². The first-order chi connectivity index (χ1) is 10.5. The highest BCUT2D eigenvalue weighted by Gasteiger charge is 2.65. The zero-order chi connectivity index (χ0) is 19.2.